The predicted molar refractivity (Wildman–Crippen MR) is 163 cm³/mol. The monoisotopic (exact) mass is 577 g/mol. The van der Waals surface area contributed by atoms with Gasteiger partial charge in [0.1, 0.15) is 0 Å². The van der Waals surface area contributed by atoms with E-state index in [4.69, 9.17) is 4.74 Å². The van der Waals surface area contributed by atoms with E-state index < -0.39 is 11.0 Å². The first-order valence-electron chi connectivity index (χ1n) is 15.7. The van der Waals surface area contributed by atoms with Crippen LogP contribution >= 0.6 is 0 Å². The van der Waals surface area contributed by atoms with E-state index >= 15 is 0 Å². The third-order valence-electron chi connectivity index (χ3n) is 10.2. The molecule has 0 bridgehead atoms. The van der Waals surface area contributed by atoms with Crippen LogP contribution in [-0.4, -0.2) is 77.3 Å². The predicted octanol–water partition coefficient (Wildman–Crippen LogP) is 4.58. The molecule has 1 N–H and O–H groups in total. The normalized spacial score (nSPS) is 23.5. The Morgan fingerprint density at radius 3 is 2.43 bits per heavy atom. The third kappa shape index (κ3) is 6.20. The van der Waals surface area contributed by atoms with Gasteiger partial charge in [-0.2, -0.15) is 0 Å². The molecule has 0 radical (unpaired) electrons. The number of aromatic nitrogens is 1. The number of amides is 2. The molecule has 2 saturated heterocycles. The molecule has 42 heavy (non-hydrogen) atoms. The van der Waals surface area contributed by atoms with Crippen molar-refractivity contribution >= 4 is 11.8 Å². The Bertz CT molecular complexity index is 1310. The number of carbonyl (C=O) groups excluding carboxylic acids is 2. The summed E-state index contributed by atoms with van der Waals surface area (Å²) in [7, 11) is 3.39. The van der Waals surface area contributed by atoms with E-state index in [1.165, 1.54) is 47.6 Å². The SMILES string of the molecule is C[C@H](CC1CCCCC1)C(=O)N1CC[C@@](O)(Cn2cc(C(=O)N(C)C)c(-c3ccccc3)cc2=O)C2(CCOCC2)C1. The highest BCUT2D eigenvalue weighted by atomic mass is 16.5. The number of hydrogen-bond donors (Lipinski definition) is 1. The van der Waals surface area contributed by atoms with Gasteiger partial charge < -0.3 is 24.2 Å². The molecule has 228 valence electrons. The summed E-state index contributed by atoms with van der Waals surface area (Å²) < 4.78 is 7.22. The van der Waals surface area contributed by atoms with Crippen LogP contribution in [0.1, 0.15) is 75.1 Å². The van der Waals surface area contributed by atoms with Crippen molar-refractivity contribution in [2.24, 2.45) is 17.3 Å². The molecule has 2 aliphatic heterocycles. The second kappa shape index (κ2) is 12.7. The first kappa shape index (κ1) is 30.5. The minimum absolute atomic E-state index is 0.0380. The van der Waals surface area contributed by atoms with E-state index in [9.17, 15) is 19.5 Å². The van der Waals surface area contributed by atoms with Crippen molar-refractivity contribution in [2.75, 3.05) is 40.4 Å². The summed E-state index contributed by atoms with van der Waals surface area (Å²) in [5.74, 6) is 0.560. The highest BCUT2D eigenvalue weighted by Gasteiger charge is 2.55. The first-order chi connectivity index (χ1) is 20.1. The van der Waals surface area contributed by atoms with Crippen LogP contribution in [-0.2, 0) is 16.1 Å². The molecule has 2 amide bonds. The number of rotatable bonds is 7. The molecule has 2 aromatic rings. The zero-order valence-electron chi connectivity index (χ0n) is 25.5. The van der Waals surface area contributed by atoms with Crippen LogP contribution in [0.4, 0.5) is 0 Å². The van der Waals surface area contributed by atoms with E-state index in [2.05, 4.69) is 6.92 Å². The van der Waals surface area contributed by atoms with Gasteiger partial charge in [-0.05, 0) is 37.2 Å². The smallest absolute Gasteiger partial charge is 0.255 e. The summed E-state index contributed by atoms with van der Waals surface area (Å²) in [6.45, 7) is 4.05. The second-order valence-electron chi connectivity index (χ2n) is 13.2. The average molecular weight is 578 g/mol. The Morgan fingerprint density at radius 2 is 1.76 bits per heavy atom. The van der Waals surface area contributed by atoms with Gasteiger partial charge >= 0.3 is 0 Å². The van der Waals surface area contributed by atoms with Crippen LogP contribution in [0.5, 0.6) is 0 Å². The van der Waals surface area contributed by atoms with E-state index in [1.54, 1.807) is 20.3 Å². The van der Waals surface area contributed by atoms with Crippen LogP contribution in [0.3, 0.4) is 0 Å². The number of carbonyl (C=O) groups is 2. The number of ether oxygens (including phenoxy) is 1. The molecule has 8 nitrogen and oxygen atoms in total. The highest BCUT2D eigenvalue weighted by molar-refractivity contribution is 6.00. The van der Waals surface area contributed by atoms with Crippen LogP contribution in [0.15, 0.2) is 47.4 Å². The van der Waals surface area contributed by atoms with Crippen molar-refractivity contribution in [1.29, 1.82) is 0 Å². The van der Waals surface area contributed by atoms with Crippen molar-refractivity contribution in [2.45, 2.75) is 76.9 Å². The maximum Gasteiger partial charge on any atom is 0.255 e. The molecule has 1 aromatic heterocycles. The van der Waals surface area contributed by atoms with Gasteiger partial charge in [0.2, 0.25) is 5.91 Å². The quantitative estimate of drug-likeness (QED) is 0.520. The Morgan fingerprint density at radius 1 is 1.07 bits per heavy atom. The molecule has 3 fully saturated rings. The fourth-order valence-corrected chi connectivity index (χ4v) is 7.58. The molecule has 1 spiro atoms. The van der Waals surface area contributed by atoms with Gasteiger partial charge in [-0.15, -0.1) is 0 Å². The first-order valence-corrected chi connectivity index (χ1v) is 15.7. The van der Waals surface area contributed by atoms with Crippen molar-refractivity contribution in [3.05, 3.63) is 58.5 Å². The minimum atomic E-state index is -1.23. The summed E-state index contributed by atoms with van der Waals surface area (Å²) in [6, 6.07) is 10.9. The van der Waals surface area contributed by atoms with Crippen LogP contribution in [0.25, 0.3) is 11.1 Å². The Labute approximate surface area is 249 Å². The summed E-state index contributed by atoms with van der Waals surface area (Å²) >= 11 is 0. The third-order valence-corrected chi connectivity index (χ3v) is 10.2. The highest BCUT2D eigenvalue weighted by Crippen LogP contribution is 2.48. The number of pyridine rings is 1. The molecular weight excluding hydrogens is 530 g/mol. The summed E-state index contributed by atoms with van der Waals surface area (Å²) in [5, 5.41) is 12.4. The maximum atomic E-state index is 13.7. The summed E-state index contributed by atoms with van der Waals surface area (Å²) in [4.78, 5) is 44.0. The van der Waals surface area contributed by atoms with Gasteiger partial charge in [0.15, 0.2) is 0 Å². The summed E-state index contributed by atoms with van der Waals surface area (Å²) in [6.07, 6.45) is 10.4. The zero-order chi connectivity index (χ0) is 29.9. The second-order valence-corrected chi connectivity index (χ2v) is 13.2. The zero-order valence-corrected chi connectivity index (χ0v) is 25.5. The van der Waals surface area contributed by atoms with Gasteiger partial charge in [0, 0.05) is 69.6 Å². The molecule has 1 aliphatic carbocycles. The molecular formula is C34H47N3O5. The fraction of sp³-hybridized carbons (Fsp3) is 0.618. The van der Waals surface area contributed by atoms with Crippen molar-refractivity contribution in [1.82, 2.24) is 14.4 Å². The van der Waals surface area contributed by atoms with Crippen LogP contribution < -0.4 is 5.56 Å². The van der Waals surface area contributed by atoms with Gasteiger partial charge in [-0.1, -0.05) is 69.4 Å². The lowest BCUT2D eigenvalue weighted by Crippen LogP contribution is -2.65. The van der Waals surface area contributed by atoms with Crippen molar-refractivity contribution < 1.29 is 19.4 Å². The van der Waals surface area contributed by atoms with Gasteiger partial charge in [0.25, 0.3) is 11.5 Å². The molecule has 3 aliphatic rings. The average Bonchev–Trinajstić information content (AvgIpc) is 3.00. The molecule has 1 saturated carbocycles. The van der Waals surface area contributed by atoms with Gasteiger partial charge in [-0.3, -0.25) is 14.4 Å². The molecule has 5 rings (SSSR count). The lowest BCUT2D eigenvalue weighted by molar-refractivity contribution is -0.186. The molecule has 3 heterocycles. The van der Waals surface area contributed by atoms with E-state index in [1.807, 2.05) is 35.2 Å². The number of hydrogen-bond acceptors (Lipinski definition) is 5. The molecule has 1 aromatic carbocycles. The molecule has 2 atom stereocenters. The van der Waals surface area contributed by atoms with Crippen LogP contribution in [0, 0.1) is 17.3 Å². The number of aliphatic hydroxyl groups is 1. The Kier molecular flexibility index (Phi) is 9.23. The number of nitrogens with zero attached hydrogens (tertiary/aromatic N) is 3. The maximum absolute atomic E-state index is 13.7. The Hall–Kier alpha value is -2.97. The van der Waals surface area contributed by atoms with Crippen molar-refractivity contribution in [3.8, 4) is 11.1 Å². The number of benzene rings is 1. The van der Waals surface area contributed by atoms with E-state index in [0.29, 0.717) is 62.6 Å². The van der Waals surface area contributed by atoms with Gasteiger partial charge in [0.05, 0.1) is 17.7 Å². The van der Waals surface area contributed by atoms with Crippen LogP contribution in [0.2, 0.25) is 0 Å². The lowest BCUT2D eigenvalue weighted by Gasteiger charge is -2.55. The Balaban J connectivity index is 1.42. The van der Waals surface area contributed by atoms with E-state index in [-0.39, 0.29) is 29.8 Å². The van der Waals surface area contributed by atoms with E-state index in [0.717, 1.165) is 12.0 Å². The van der Waals surface area contributed by atoms with Gasteiger partial charge in [-0.25, -0.2) is 0 Å². The molecule has 0 unspecified atom stereocenters. The summed E-state index contributed by atoms with van der Waals surface area (Å²) in [5.41, 5.74) is -0.292. The molecule has 8 heteroatoms. The fourth-order valence-electron chi connectivity index (χ4n) is 7.58. The van der Waals surface area contributed by atoms with Crippen molar-refractivity contribution in [3.63, 3.8) is 0 Å². The largest absolute Gasteiger partial charge is 0.387 e. The minimum Gasteiger partial charge on any atom is -0.387 e. The lowest BCUT2D eigenvalue weighted by atomic mass is 9.62. The topological polar surface area (TPSA) is 92.1 Å². The number of piperidine rings is 1. The number of likely N-dealkylation sites (tertiary alicyclic amines) is 1. The standard InChI is InChI=1S/C34H47N3O5/c1-25(20-26-10-6-4-7-11-26)31(39)36-17-14-34(41,33(23-36)15-18-42-19-16-33)24-37-22-29(32(40)35(2)3)28(21-30(37)38)27-12-8-5-9-13-27/h5,8-9,12-13,21-22,25-26,41H,4,6-7,10-11,14-20,23-24H2,1-3H3/t25-,34-/m1/s1.